The number of amides is 1. The monoisotopic (exact) mass is 362 g/mol. The first-order valence-electron chi connectivity index (χ1n) is 5.67. The van der Waals surface area contributed by atoms with Crippen LogP contribution in [-0.2, 0) is 4.79 Å². The lowest BCUT2D eigenvalue weighted by molar-refractivity contribution is -0.123. The van der Waals surface area contributed by atoms with Crippen molar-refractivity contribution in [2.45, 2.75) is 0 Å². The number of hydrazone groups is 1. The van der Waals surface area contributed by atoms with Crippen molar-refractivity contribution in [3.05, 3.63) is 49.6 Å². The Hall–Kier alpha value is -1.27. The molecule has 0 unspecified atom stereocenters. The first-order valence-corrected chi connectivity index (χ1v) is 7.75. The van der Waals surface area contributed by atoms with Gasteiger partial charge in [-0.1, -0.05) is 34.8 Å². The lowest BCUT2D eigenvalue weighted by atomic mass is 10.3. The third-order valence-corrected chi connectivity index (χ3v) is 3.97. The van der Waals surface area contributed by atoms with Gasteiger partial charge < -0.3 is 4.74 Å². The minimum absolute atomic E-state index is 0.204. The van der Waals surface area contributed by atoms with Gasteiger partial charge in [0.25, 0.3) is 5.91 Å². The minimum atomic E-state index is -0.423. The maximum absolute atomic E-state index is 11.6. The van der Waals surface area contributed by atoms with Crippen LogP contribution in [0.25, 0.3) is 0 Å². The highest BCUT2D eigenvalue weighted by molar-refractivity contribution is 7.08. The molecule has 8 heteroatoms. The highest BCUT2D eigenvalue weighted by atomic mass is 35.5. The molecule has 1 aromatic heterocycles. The number of halogens is 3. The van der Waals surface area contributed by atoms with Gasteiger partial charge in [-0.2, -0.15) is 16.4 Å². The summed E-state index contributed by atoms with van der Waals surface area (Å²) in [7, 11) is 0. The Labute approximate surface area is 140 Å². The second-order valence-corrected chi connectivity index (χ2v) is 5.84. The van der Waals surface area contributed by atoms with Crippen LogP contribution in [0, 0.1) is 0 Å². The predicted molar refractivity (Wildman–Crippen MR) is 87.0 cm³/mol. The van der Waals surface area contributed by atoms with Crippen LogP contribution < -0.4 is 10.2 Å². The van der Waals surface area contributed by atoms with Gasteiger partial charge in [-0.3, -0.25) is 4.79 Å². The summed E-state index contributed by atoms with van der Waals surface area (Å²) in [5, 5.41) is 8.45. The summed E-state index contributed by atoms with van der Waals surface area (Å²) in [5.41, 5.74) is 3.25. The lowest BCUT2D eigenvalue weighted by Gasteiger charge is -2.08. The van der Waals surface area contributed by atoms with E-state index in [4.69, 9.17) is 39.5 Å². The summed E-state index contributed by atoms with van der Waals surface area (Å²) >= 11 is 19.2. The molecule has 0 aliphatic rings. The number of thiophene rings is 1. The maximum atomic E-state index is 11.6. The lowest BCUT2D eigenvalue weighted by Crippen LogP contribution is -2.24. The summed E-state index contributed by atoms with van der Waals surface area (Å²) < 4.78 is 5.26. The van der Waals surface area contributed by atoms with Crippen LogP contribution in [0.3, 0.4) is 0 Å². The molecule has 0 aliphatic carbocycles. The highest BCUT2D eigenvalue weighted by Crippen LogP contribution is 2.35. The normalized spacial score (nSPS) is 10.8. The molecule has 0 aliphatic heterocycles. The van der Waals surface area contributed by atoms with E-state index in [0.717, 1.165) is 5.56 Å². The number of carbonyl (C=O) groups excluding carboxylic acids is 1. The van der Waals surface area contributed by atoms with Crippen LogP contribution in [0.2, 0.25) is 15.1 Å². The second-order valence-electron chi connectivity index (χ2n) is 3.84. The highest BCUT2D eigenvalue weighted by Gasteiger charge is 2.10. The Morgan fingerprint density at radius 3 is 2.90 bits per heavy atom. The van der Waals surface area contributed by atoms with Crippen molar-refractivity contribution < 1.29 is 9.53 Å². The van der Waals surface area contributed by atoms with Crippen molar-refractivity contribution >= 4 is 58.3 Å². The zero-order valence-electron chi connectivity index (χ0n) is 10.5. The third-order valence-electron chi connectivity index (χ3n) is 2.26. The molecule has 0 fully saturated rings. The number of rotatable bonds is 5. The molecule has 0 bridgehead atoms. The second kappa shape index (κ2) is 7.66. The SMILES string of the molecule is O=C(COc1cc(Cl)cc(Cl)c1Cl)N/N=C/c1ccsc1. The van der Waals surface area contributed by atoms with Crippen LogP contribution in [0.1, 0.15) is 5.56 Å². The summed E-state index contributed by atoms with van der Waals surface area (Å²) in [5.74, 6) is -0.181. The predicted octanol–water partition coefficient (Wildman–Crippen LogP) is 4.24. The van der Waals surface area contributed by atoms with E-state index in [1.807, 2.05) is 16.8 Å². The van der Waals surface area contributed by atoms with E-state index < -0.39 is 5.91 Å². The van der Waals surface area contributed by atoms with Crippen LogP contribution in [0.15, 0.2) is 34.1 Å². The molecule has 1 N–H and O–H groups in total. The van der Waals surface area contributed by atoms with Crippen LogP contribution in [-0.4, -0.2) is 18.7 Å². The van der Waals surface area contributed by atoms with E-state index in [1.54, 1.807) is 11.3 Å². The van der Waals surface area contributed by atoms with E-state index in [1.165, 1.54) is 18.3 Å². The van der Waals surface area contributed by atoms with Gasteiger partial charge in [0, 0.05) is 16.7 Å². The fourth-order valence-electron chi connectivity index (χ4n) is 1.34. The fourth-order valence-corrected chi connectivity index (χ4v) is 2.59. The van der Waals surface area contributed by atoms with E-state index in [9.17, 15) is 4.79 Å². The van der Waals surface area contributed by atoms with Gasteiger partial charge in [0.2, 0.25) is 0 Å². The number of benzene rings is 1. The molecular weight excluding hydrogens is 355 g/mol. The van der Waals surface area contributed by atoms with E-state index in [0.29, 0.717) is 5.02 Å². The average Bonchev–Trinajstić information content (AvgIpc) is 2.94. The van der Waals surface area contributed by atoms with Gasteiger partial charge >= 0.3 is 0 Å². The molecule has 0 radical (unpaired) electrons. The smallest absolute Gasteiger partial charge is 0.277 e. The Kier molecular flexibility index (Phi) is 5.87. The summed E-state index contributed by atoms with van der Waals surface area (Å²) in [6.07, 6.45) is 1.54. The van der Waals surface area contributed by atoms with Gasteiger partial charge in [0.15, 0.2) is 6.61 Å². The molecule has 0 atom stereocenters. The molecule has 2 rings (SSSR count). The molecule has 2 aromatic rings. The fraction of sp³-hybridized carbons (Fsp3) is 0.0769. The van der Waals surface area contributed by atoms with Gasteiger partial charge in [0.1, 0.15) is 10.8 Å². The molecule has 0 spiro atoms. The van der Waals surface area contributed by atoms with Crippen molar-refractivity contribution in [2.24, 2.45) is 5.10 Å². The van der Waals surface area contributed by atoms with Crippen molar-refractivity contribution in [1.29, 1.82) is 0 Å². The first kappa shape index (κ1) is 16.1. The standard InChI is InChI=1S/C13H9Cl3N2O2S/c14-9-3-10(15)13(16)11(4-9)20-6-12(19)18-17-5-8-1-2-21-7-8/h1-5,7H,6H2,(H,18,19)/b17-5+. The molecule has 4 nitrogen and oxygen atoms in total. The van der Waals surface area contributed by atoms with Crippen molar-refractivity contribution in [3.63, 3.8) is 0 Å². The zero-order valence-corrected chi connectivity index (χ0v) is 13.6. The molecular formula is C13H9Cl3N2O2S. The maximum Gasteiger partial charge on any atom is 0.277 e. The van der Waals surface area contributed by atoms with Crippen molar-refractivity contribution in [1.82, 2.24) is 5.43 Å². The van der Waals surface area contributed by atoms with Gasteiger partial charge in [-0.15, -0.1) is 0 Å². The Morgan fingerprint density at radius 2 is 2.19 bits per heavy atom. The number of hydrogen-bond donors (Lipinski definition) is 1. The van der Waals surface area contributed by atoms with E-state index in [2.05, 4.69) is 10.5 Å². The Morgan fingerprint density at radius 1 is 1.38 bits per heavy atom. The zero-order chi connectivity index (χ0) is 15.2. The molecule has 0 saturated carbocycles. The molecule has 0 saturated heterocycles. The molecule has 1 amide bonds. The largest absolute Gasteiger partial charge is 0.482 e. The third kappa shape index (κ3) is 4.89. The van der Waals surface area contributed by atoms with E-state index >= 15 is 0 Å². The number of hydrogen-bond acceptors (Lipinski definition) is 4. The van der Waals surface area contributed by atoms with Crippen LogP contribution in [0.5, 0.6) is 5.75 Å². The molecule has 1 aromatic carbocycles. The van der Waals surface area contributed by atoms with Crippen molar-refractivity contribution in [2.75, 3.05) is 6.61 Å². The van der Waals surface area contributed by atoms with Gasteiger partial charge in [-0.25, -0.2) is 5.43 Å². The van der Waals surface area contributed by atoms with E-state index in [-0.39, 0.29) is 22.4 Å². The average molecular weight is 364 g/mol. The topological polar surface area (TPSA) is 50.7 Å². The van der Waals surface area contributed by atoms with Crippen LogP contribution >= 0.6 is 46.1 Å². The number of carbonyl (C=O) groups is 1. The number of ether oxygens (including phenoxy) is 1. The quantitative estimate of drug-likeness (QED) is 0.491. The summed E-state index contributed by atoms with van der Waals surface area (Å²) in [6.45, 7) is -0.253. The van der Waals surface area contributed by atoms with Crippen LogP contribution in [0.4, 0.5) is 0 Å². The summed E-state index contributed by atoms with van der Waals surface area (Å²) in [6, 6.07) is 4.85. The Balaban J connectivity index is 1.87. The Bertz CT molecular complexity index is 660. The number of nitrogens with zero attached hydrogens (tertiary/aromatic N) is 1. The molecule has 110 valence electrons. The van der Waals surface area contributed by atoms with Crippen molar-refractivity contribution in [3.8, 4) is 5.75 Å². The van der Waals surface area contributed by atoms with Gasteiger partial charge in [0.05, 0.1) is 11.2 Å². The molecule has 21 heavy (non-hydrogen) atoms. The molecule has 1 heterocycles. The first-order chi connectivity index (χ1) is 10.1. The number of nitrogens with one attached hydrogen (secondary N) is 1. The summed E-state index contributed by atoms with van der Waals surface area (Å²) in [4.78, 5) is 11.6. The van der Waals surface area contributed by atoms with Gasteiger partial charge in [-0.05, 0) is 22.9 Å². The minimum Gasteiger partial charge on any atom is -0.482 e.